The first kappa shape index (κ1) is 12.3. The van der Waals surface area contributed by atoms with Crippen LogP contribution >= 0.6 is 23.2 Å². The summed E-state index contributed by atoms with van der Waals surface area (Å²) in [6.45, 7) is 1.63. The van der Waals surface area contributed by atoms with Crippen LogP contribution in [0.5, 0.6) is 0 Å². The lowest BCUT2D eigenvalue weighted by atomic mass is 10.0. The maximum absolute atomic E-state index is 11.3. The fourth-order valence-corrected chi connectivity index (χ4v) is 1.76. The second-order valence-corrected chi connectivity index (χ2v) is 4.77. The summed E-state index contributed by atoms with van der Waals surface area (Å²) in [4.78, 5) is 10.3. The minimum Gasteiger partial charge on any atom is -0.468 e. The Morgan fingerprint density at radius 3 is 2.73 bits per heavy atom. The highest BCUT2D eigenvalue weighted by Crippen LogP contribution is 2.23. The molecule has 1 rings (SSSR count). The molecule has 0 radical (unpaired) electrons. The molecule has 1 unspecified atom stereocenters. The summed E-state index contributed by atoms with van der Waals surface area (Å²) < 4.78 is 4.61. The van der Waals surface area contributed by atoms with Crippen LogP contribution in [0.25, 0.3) is 0 Å². The number of carbonyl (C=O) groups excluding carboxylic acids is 1. The molecule has 1 aromatic rings. The van der Waals surface area contributed by atoms with Gasteiger partial charge in [-0.2, -0.15) is 0 Å². The number of hydrogen-bond donors (Lipinski definition) is 0. The number of ether oxygens (including phenoxy) is 1. The van der Waals surface area contributed by atoms with Gasteiger partial charge in [-0.3, -0.25) is 4.79 Å². The summed E-state index contributed by atoms with van der Waals surface area (Å²) in [7, 11) is 1.32. The molecule has 0 aromatic heterocycles. The Morgan fingerprint density at radius 1 is 1.53 bits per heavy atom. The molecule has 0 aliphatic rings. The molecule has 0 bridgehead atoms. The largest absolute Gasteiger partial charge is 0.468 e. The van der Waals surface area contributed by atoms with Crippen LogP contribution < -0.4 is 0 Å². The normalized spacial score (nSPS) is 14.4. The zero-order valence-corrected chi connectivity index (χ0v) is 10.1. The molecule has 0 aliphatic heterocycles. The number of benzene rings is 1. The molecule has 1 atom stereocenters. The van der Waals surface area contributed by atoms with Gasteiger partial charge in [-0.1, -0.05) is 23.7 Å². The van der Waals surface area contributed by atoms with Crippen LogP contribution in [0.15, 0.2) is 24.3 Å². The van der Waals surface area contributed by atoms with Crippen LogP contribution in [0.4, 0.5) is 0 Å². The van der Waals surface area contributed by atoms with E-state index in [0.717, 1.165) is 5.56 Å². The van der Waals surface area contributed by atoms with Crippen LogP contribution in [0.1, 0.15) is 12.5 Å². The maximum Gasteiger partial charge on any atom is 0.326 e. The van der Waals surface area contributed by atoms with Gasteiger partial charge in [0.05, 0.1) is 7.11 Å². The predicted octanol–water partition coefficient (Wildman–Crippen LogP) is 3.05. The highest BCUT2D eigenvalue weighted by atomic mass is 35.5. The van der Waals surface area contributed by atoms with Gasteiger partial charge in [-0.15, -0.1) is 11.6 Å². The second-order valence-electron chi connectivity index (χ2n) is 3.50. The predicted molar refractivity (Wildman–Crippen MR) is 61.4 cm³/mol. The molecule has 0 N–H and O–H groups in total. The third-order valence-corrected chi connectivity index (χ3v) is 2.56. The standard InChI is InChI=1S/C11H12Cl2O2/c1-11(13,10(14)15-2)7-8-4-3-5-9(12)6-8/h3-6H,7H2,1-2H3. The van der Waals surface area contributed by atoms with Crippen LogP contribution in [-0.4, -0.2) is 18.0 Å². The number of carbonyl (C=O) groups is 1. The molecule has 0 aliphatic carbocycles. The van der Waals surface area contributed by atoms with Crippen molar-refractivity contribution < 1.29 is 9.53 Å². The second kappa shape index (κ2) is 4.86. The van der Waals surface area contributed by atoms with Gasteiger partial charge in [0.25, 0.3) is 0 Å². The number of rotatable bonds is 3. The fourth-order valence-electron chi connectivity index (χ4n) is 1.32. The summed E-state index contributed by atoms with van der Waals surface area (Å²) in [5.74, 6) is -0.441. The lowest BCUT2D eigenvalue weighted by molar-refractivity contribution is -0.143. The van der Waals surface area contributed by atoms with E-state index in [9.17, 15) is 4.79 Å². The van der Waals surface area contributed by atoms with Gasteiger partial charge in [-0.25, -0.2) is 0 Å². The van der Waals surface area contributed by atoms with E-state index in [1.54, 1.807) is 19.1 Å². The van der Waals surface area contributed by atoms with Crippen molar-refractivity contribution in [3.63, 3.8) is 0 Å². The number of hydrogen-bond acceptors (Lipinski definition) is 2. The maximum atomic E-state index is 11.3. The summed E-state index contributed by atoms with van der Waals surface area (Å²) in [5, 5.41) is 0.629. The van der Waals surface area contributed by atoms with Crippen molar-refractivity contribution in [2.45, 2.75) is 18.2 Å². The van der Waals surface area contributed by atoms with Gasteiger partial charge in [0.2, 0.25) is 0 Å². The quantitative estimate of drug-likeness (QED) is 0.606. The molecular weight excluding hydrogens is 235 g/mol. The smallest absolute Gasteiger partial charge is 0.326 e. The van der Waals surface area contributed by atoms with Crippen LogP contribution in [-0.2, 0) is 16.0 Å². The monoisotopic (exact) mass is 246 g/mol. The van der Waals surface area contributed by atoms with E-state index in [1.165, 1.54) is 7.11 Å². The van der Waals surface area contributed by atoms with E-state index < -0.39 is 10.8 Å². The summed E-state index contributed by atoms with van der Waals surface area (Å²) in [6.07, 6.45) is 0.391. The summed E-state index contributed by atoms with van der Waals surface area (Å²) in [6, 6.07) is 7.25. The Kier molecular flexibility index (Phi) is 4.00. The summed E-state index contributed by atoms with van der Waals surface area (Å²) in [5.41, 5.74) is 0.908. The zero-order valence-electron chi connectivity index (χ0n) is 8.59. The van der Waals surface area contributed by atoms with Gasteiger partial charge in [0, 0.05) is 11.4 Å². The SMILES string of the molecule is COC(=O)C(C)(Cl)Cc1cccc(Cl)c1. The number of alkyl halides is 1. The molecular formula is C11H12Cl2O2. The topological polar surface area (TPSA) is 26.3 Å². The minimum atomic E-state index is -1.04. The first-order valence-corrected chi connectivity index (χ1v) is 5.23. The Hall–Kier alpha value is -0.730. The van der Waals surface area contributed by atoms with Crippen molar-refractivity contribution in [1.29, 1.82) is 0 Å². The molecule has 0 heterocycles. The fraction of sp³-hybridized carbons (Fsp3) is 0.364. The van der Waals surface area contributed by atoms with Gasteiger partial charge in [0.15, 0.2) is 0 Å². The third-order valence-electron chi connectivity index (χ3n) is 2.04. The van der Waals surface area contributed by atoms with E-state index in [1.807, 2.05) is 12.1 Å². The van der Waals surface area contributed by atoms with Crippen molar-refractivity contribution >= 4 is 29.2 Å². The summed E-state index contributed by atoms with van der Waals surface area (Å²) >= 11 is 11.9. The van der Waals surface area contributed by atoms with Crippen molar-refractivity contribution in [3.05, 3.63) is 34.9 Å². The first-order valence-electron chi connectivity index (χ1n) is 4.47. The van der Waals surface area contributed by atoms with Crippen molar-refractivity contribution in [2.75, 3.05) is 7.11 Å². The molecule has 0 amide bonds. The van der Waals surface area contributed by atoms with Crippen molar-refractivity contribution in [3.8, 4) is 0 Å². The Labute approximate surface area is 99.1 Å². The highest BCUT2D eigenvalue weighted by Gasteiger charge is 2.31. The minimum absolute atomic E-state index is 0.391. The number of halogens is 2. The third kappa shape index (κ3) is 3.40. The molecule has 82 valence electrons. The van der Waals surface area contributed by atoms with E-state index in [4.69, 9.17) is 23.2 Å². The van der Waals surface area contributed by atoms with Gasteiger partial charge < -0.3 is 4.74 Å². The Balaban J connectivity index is 2.81. The Bertz CT molecular complexity index is 361. The zero-order chi connectivity index (χ0) is 11.5. The lowest BCUT2D eigenvalue weighted by Gasteiger charge is -2.18. The van der Waals surface area contributed by atoms with Crippen LogP contribution in [0.2, 0.25) is 5.02 Å². The van der Waals surface area contributed by atoms with E-state index >= 15 is 0 Å². The molecule has 2 nitrogen and oxygen atoms in total. The molecule has 0 fully saturated rings. The van der Waals surface area contributed by atoms with E-state index in [2.05, 4.69) is 4.74 Å². The van der Waals surface area contributed by atoms with Gasteiger partial charge in [-0.05, 0) is 24.6 Å². The number of methoxy groups -OCH3 is 1. The molecule has 15 heavy (non-hydrogen) atoms. The van der Waals surface area contributed by atoms with E-state index in [0.29, 0.717) is 11.4 Å². The van der Waals surface area contributed by atoms with Gasteiger partial charge >= 0.3 is 5.97 Å². The lowest BCUT2D eigenvalue weighted by Crippen LogP contribution is -2.32. The molecule has 0 spiro atoms. The first-order chi connectivity index (χ1) is 6.95. The van der Waals surface area contributed by atoms with Crippen LogP contribution in [0, 0.1) is 0 Å². The van der Waals surface area contributed by atoms with Crippen molar-refractivity contribution in [1.82, 2.24) is 0 Å². The van der Waals surface area contributed by atoms with Crippen LogP contribution in [0.3, 0.4) is 0 Å². The molecule has 4 heteroatoms. The molecule has 0 saturated heterocycles. The molecule has 0 saturated carbocycles. The molecule has 1 aromatic carbocycles. The van der Waals surface area contributed by atoms with Crippen molar-refractivity contribution in [2.24, 2.45) is 0 Å². The number of esters is 1. The van der Waals surface area contributed by atoms with Gasteiger partial charge in [0.1, 0.15) is 4.87 Å². The average Bonchev–Trinajstić information content (AvgIpc) is 2.15. The Morgan fingerprint density at radius 2 is 2.20 bits per heavy atom. The average molecular weight is 247 g/mol. The van der Waals surface area contributed by atoms with E-state index in [-0.39, 0.29) is 0 Å². The highest BCUT2D eigenvalue weighted by molar-refractivity contribution is 6.34.